The molecule has 3 N–H and O–H groups in total. The van der Waals surface area contributed by atoms with E-state index < -0.39 is 23.6 Å². The van der Waals surface area contributed by atoms with Gasteiger partial charge in [-0.15, -0.1) is 0 Å². The molecule has 116 valence electrons. The topological polar surface area (TPSA) is 99.8 Å². The van der Waals surface area contributed by atoms with E-state index in [1.54, 1.807) is 39.8 Å². The Hall–Kier alpha value is -1.83. The number of carbonyl (C=O) groups excluding carboxylic acids is 3. The number of ether oxygens (including phenoxy) is 1. The summed E-state index contributed by atoms with van der Waals surface area (Å²) in [7, 11) is 3.46. The van der Waals surface area contributed by atoms with Crippen molar-refractivity contribution >= 4 is 17.9 Å². The molecule has 20 heavy (non-hydrogen) atoms. The van der Waals surface area contributed by atoms with Crippen LogP contribution in [0.1, 0.15) is 27.7 Å². The summed E-state index contributed by atoms with van der Waals surface area (Å²) in [6, 6.07) is -0.829. The van der Waals surface area contributed by atoms with Crippen molar-refractivity contribution in [2.24, 2.45) is 0 Å². The predicted molar refractivity (Wildman–Crippen MR) is 73.7 cm³/mol. The van der Waals surface area contributed by atoms with Gasteiger partial charge in [-0.2, -0.15) is 0 Å². The van der Waals surface area contributed by atoms with Gasteiger partial charge in [-0.3, -0.25) is 20.4 Å². The molecule has 1 unspecified atom stereocenters. The molecular weight excluding hydrogens is 264 g/mol. The van der Waals surface area contributed by atoms with Gasteiger partial charge in [0, 0.05) is 0 Å². The largest absolute Gasteiger partial charge is 0.444 e. The zero-order valence-corrected chi connectivity index (χ0v) is 12.9. The molecule has 3 amide bonds. The molecule has 8 nitrogen and oxygen atoms in total. The lowest BCUT2D eigenvalue weighted by atomic mass is 10.2. The van der Waals surface area contributed by atoms with E-state index in [0.29, 0.717) is 0 Å². The van der Waals surface area contributed by atoms with Gasteiger partial charge in [-0.1, -0.05) is 0 Å². The average molecular weight is 288 g/mol. The molecule has 0 heterocycles. The molecule has 0 rings (SSSR count). The first-order chi connectivity index (χ1) is 9.01. The fourth-order valence-corrected chi connectivity index (χ4v) is 1.12. The molecule has 1 atom stereocenters. The van der Waals surface area contributed by atoms with Gasteiger partial charge in [0.1, 0.15) is 11.6 Å². The molecule has 0 bridgehead atoms. The molecule has 0 saturated heterocycles. The minimum absolute atomic E-state index is 0.147. The Morgan fingerprint density at radius 3 is 2.15 bits per heavy atom. The molecule has 0 radical (unpaired) electrons. The number of carbonyl (C=O) groups is 3. The van der Waals surface area contributed by atoms with Crippen LogP contribution in [-0.4, -0.2) is 55.1 Å². The summed E-state index contributed by atoms with van der Waals surface area (Å²) in [6.07, 6.45) is -0.695. The van der Waals surface area contributed by atoms with Crippen LogP contribution in [-0.2, 0) is 14.3 Å². The van der Waals surface area contributed by atoms with Crippen molar-refractivity contribution in [2.75, 3.05) is 20.6 Å². The number of amides is 3. The summed E-state index contributed by atoms with van der Waals surface area (Å²) in [5.74, 6) is -0.893. The SMILES string of the molecule is CC(NC(=O)OC(C)(C)C)C(=O)NNC(=O)CN(C)C. The zero-order chi connectivity index (χ0) is 15.9. The Morgan fingerprint density at radius 2 is 1.70 bits per heavy atom. The van der Waals surface area contributed by atoms with E-state index in [-0.39, 0.29) is 12.5 Å². The lowest BCUT2D eigenvalue weighted by Crippen LogP contribution is -2.52. The highest BCUT2D eigenvalue weighted by Crippen LogP contribution is 2.06. The van der Waals surface area contributed by atoms with Crippen LogP contribution in [0.4, 0.5) is 4.79 Å². The van der Waals surface area contributed by atoms with Crippen molar-refractivity contribution in [2.45, 2.75) is 39.3 Å². The third kappa shape index (κ3) is 9.15. The van der Waals surface area contributed by atoms with Gasteiger partial charge in [-0.25, -0.2) is 4.79 Å². The highest BCUT2D eigenvalue weighted by molar-refractivity contribution is 5.87. The third-order valence-electron chi connectivity index (χ3n) is 1.91. The second-order valence-electron chi connectivity index (χ2n) is 5.64. The predicted octanol–water partition coefficient (Wildman–Crippen LogP) is -0.391. The van der Waals surface area contributed by atoms with Crippen LogP contribution in [0.3, 0.4) is 0 Å². The molecule has 0 aliphatic rings. The van der Waals surface area contributed by atoms with Crippen LogP contribution in [0.5, 0.6) is 0 Å². The molecule has 0 aliphatic heterocycles. The molecule has 0 aromatic carbocycles. The van der Waals surface area contributed by atoms with Crippen molar-refractivity contribution in [3.63, 3.8) is 0 Å². The molecule has 0 fully saturated rings. The number of hydrogen-bond donors (Lipinski definition) is 3. The maximum Gasteiger partial charge on any atom is 0.408 e. The van der Waals surface area contributed by atoms with Crippen LogP contribution in [0.15, 0.2) is 0 Å². The molecule has 0 spiro atoms. The lowest BCUT2D eigenvalue weighted by Gasteiger charge is -2.21. The molecule has 0 saturated carbocycles. The Labute approximate surface area is 119 Å². The number of hydrazine groups is 1. The molecular formula is C12H24N4O4. The average Bonchev–Trinajstić information content (AvgIpc) is 2.21. The molecule has 0 aromatic rings. The summed E-state index contributed by atoms with van der Waals surface area (Å²) in [4.78, 5) is 36.0. The summed E-state index contributed by atoms with van der Waals surface area (Å²) in [5.41, 5.74) is 3.83. The third-order valence-corrected chi connectivity index (χ3v) is 1.91. The smallest absolute Gasteiger partial charge is 0.408 e. The van der Waals surface area contributed by atoms with Gasteiger partial charge in [0.2, 0.25) is 0 Å². The van der Waals surface area contributed by atoms with E-state index in [2.05, 4.69) is 16.2 Å². The van der Waals surface area contributed by atoms with Crippen LogP contribution < -0.4 is 16.2 Å². The Kier molecular flexibility index (Phi) is 6.98. The van der Waals surface area contributed by atoms with E-state index in [0.717, 1.165) is 0 Å². The van der Waals surface area contributed by atoms with Gasteiger partial charge in [0.15, 0.2) is 0 Å². The normalized spacial score (nSPS) is 12.6. The van der Waals surface area contributed by atoms with Gasteiger partial charge in [-0.05, 0) is 41.8 Å². The maximum atomic E-state index is 11.6. The summed E-state index contributed by atoms with van der Waals surface area (Å²) in [5, 5.41) is 2.37. The highest BCUT2D eigenvalue weighted by atomic mass is 16.6. The Morgan fingerprint density at radius 1 is 1.15 bits per heavy atom. The number of likely N-dealkylation sites (N-methyl/N-ethyl adjacent to an activating group) is 1. The fourth-order valence-electron chi connectivity index (χ4n) is 1.12. The summed E-state index contributed by atoms with van der Waals surface area (Å²) < 4.78 is 5.01. The molecule has 0 aliphatic carbocycles. The number of hydrogen-bond acceptors (Lipinski definition) is 5. The van der Waals surface area contributed by atoms with E-state index in [1.807, 2.05) is 0 Å². The minimum Gasteiger partial charge on any atom is -0.444 e. The number of nitrogens with zero attached hydrogens (tertiary/aromatic N) is 1. The molecule has 0 aromatic heterocycles. The van der Waals surface area contributed by atoms with E-state index in [1.165, 1.54) is 6.92 Å². The van der Waals surface area contributed by atoms with Gasteiger partial charge < -0.3 is 15.0 Å². The van der Waals surface area contributed by atoms with E-state index in [4.69, 9.17) is 4.74 Å². The van der Waals surface area contributed by atoms with Crippen molar-refractivity contribution in [1.82, 2.24) is 21.1 Å². The molecule has 8 heteroatoms. The van der Waals surface area contributed by atoms with Gasteiger partial charge in [0.25, 0.3) is 11.8 Å². The lowest BCUT2D eigenvalue weighted by molar-refractivity contribution is -0.130. The van der Waals surface area contributed by atoms with E-state index in [9.17, 15) is 14.4 Å². The van der Waals surface area contributed by atoms with Crippen molar-refractivity contribution in [3.8, 4) is 0 Å². The first kappa shape index (κ1) is 18.2. The Bertz CT molecular complexity index is 363. The van der Waals surface area contributed by atoms with E-state index >= 15 is 0 Å². The number of nitrogens with one attached hydrogen (secondary N) is 3. The first-order valence-electron chi connectivity index (χ1n) is 6.24. The second kappa shape index (κ2) is 7.68. The monoisotopic (exact) mass is 288 g/mol. The summed E-state index contributed by atoms with van der Waals surface area (Å²) >= 11 is 0. The van der Waals surface area contributed by atoms with Crippen molar-refractivity contribution in [3.05, 3.63) is 0 Å². The number of alkyl carbamates (subject to hydrolysis) is 1. The highest BCUT2D eigenvalue weighted by Gasteiger charge is 2.21. The second-order valence-corrected chi connectivity index (χ2v) is 5.64. The van der Waals surface area contributed by atoms with Gasteiger partial charge in [0.05, 0.1) is 6.54 Å². The van der Waals surface area contributed by atoms with Crippen molar-refractivity contribution in [1.29, 1.82) is 0 Å². The number of rotatable bonds is 4. The maximum absolute atomic E-state index is 11.6. The standard InChI is InChI=1S/C12H24N4O4/c1-8(13-11(19)20-12(2,3)4)10(18)15-14-9(17)7-16(5)6/h8H,7H2,1-6H3,(H,13,19)(H,14,17)(H,15,18). The van der Waals surface area contributed by atoms with Gasteiger partial charge >= 0.3 is 6.09 Å². The van der Waals surface area contributed by atoms with Crippen LogP contribution >= 0.6 is 0 Å². The van der Waals surface area contributed by atoms with Crippen molar-refractivity contribution < 1.29 is 19.1 Å². The van der Waals surface area contributed by atoms with Crippen LogP contribution in [0.2, 0.25) is 0 Å². The van der Waals surface area contributed by atoms with Crippen LogP contribution in [0.25, 0.3) is 0 Å². The summed E-state index contributed by atoms with van der Waals surface area (Å²) in [6.45, 7) is 6.79. The zero-order valence-electron chi connectivity index (χ0n) is 12.9. The van der Waals surface area contributed by atoms with Crippen LogP contribution in [0, 0.1) is 0 Å². The minimum atomic E-state index is -0.829. The first-order valence-corrected chi connectivity index (χ1v) is 6.24. The Balaban J connectivity index is 4.10. The quantitative estimate of drug-likeness (QED) is 0.612. The fraction of sp³-hybridized carbons (Fsp3) is 0.750.